The second kappa shape index (κ2) is 6.02. The average Bonchev–Trinajstić information content (AvgIpc) is 3.29. The van der Waals surface area contributed by atoms with Gasteiger partial charge in [0.05, 0.1) is 6.10 Å². The first-order valence-corrected chi connectivity index (χ1v) is 8.28. The first-order valence-electron chi connectivity index (χ1n) is 8.28. The third-order valence-electron chi connectivity index (χ3n) is 5.12. The Morgan fingerprint density at radius 3 is 2.60 bits per heavy atom. The van der Waals surface area contributed by atoms with Crippen molar-refractivity contribution in [3.05, 3.63) is 0 Å². The zero-order valence-electron chi connectivity index (χ0n) is 12.6. The Bertz CT molecular complexity index is 352. The standard InChI is InChI=1S/C16H28N2O2/c1-11(19)18-9-13(7-16(20)14-4-5-14)6-15(10-18)17-8-12-2-3-12/h12-17,20H,2-10H2,1H3. The number of carbonyl (C=O) groups is 1. The van der Waals surface area contributed by atoms with Crippen LogP contribution in [0.15, 0.2) is 0 Å². The van der Waals surface area contributed by atoms with E-state index in [-0.39, 0.29) is 12.0 Å². The van der Waals surface area contributed by atoms with Crippen LogP contribution in [0.3, 0.4) is 0 Å². The second-order valence-corrected chi connectivity index (χ2v) is 7.21. The van der Waals surface area contributed by atoms with Crippen molar-refractivity contribution in [2.24, 2.45) is 17.8 Å². The van der Waals surface area contributed by atoms with Crippen LogP contribution in [0.2, 0.25) is 0 Å². The highest BCUT2D eigenvalue weighted by atomic mass is 16.3. The highest BCUT2D eigenvalue weighted by Gasteiger charge is 2.35. The molecule has 4 heteroatoms. The van der Waals surface area contributed by atoms with Gasteiger partial charge in [-0.1, -0.05) is 0 Å². The van der Waals surface area contributed by atoms with Crippen LogP contribution in [0, 0.1) is 17.8 Å². The molecule has 20 heavy (non-hydrogen) atoms. The van der Waals surface area contributed by atoms with Crippen molar-refractivity contribution in [1.29, 1.82) is 0 Å². The van der Waals surface area contributed by atoms with Gasteiger partial charge in [0.2, 0.25) is 5.91 Å². The molecule has 1 amide bonds. The number of rotatable bonds is 6. The molecule has 3 atom stereocenters. The maximum atomic E-state index is 11.7. The van der Waals surface area contributed by atoms with Crippen molar-refractivity contribution in [2.75, 3.05) is 19.6 Å². The SMILES string of the molecule is CC(=O)N1CC(CC(O)C2CC2)CC(NCC2CC2)C1. The Labute approximate surface area is 121 Å². The first kappa shape index (κ1) is 14.3. The van der Waals surface area contributed by atoms with Gasteiger partial charge < -0.3 is 15.3 Å². The van der Waals surface area contributed by atoms with Crippen molar-refractivity contribution >= 4 is 5.91 Å². The van der Waals surface area contributed by atoms with Crippen molar-refractivity contribution in [1.82, 2.24) is 10.2 Å². The van der Waals surface area contributed by atoms with Gasteiger partial charge in [0.15, 0.2) is 0 Å². The molecule has 0 bridgehead atoms. The molecule has 3 unspecified atom stereocenters. The van der Waals surface area contributed by atoms with Gasteiger partial charge in [0.25, 0.3) is 0 Å². The summed E-state index contributed by atoms with van der Waals surface area (Å²) in [4.78, 5) is 13.7. The lowest BCUT2D eigenvalue weighted by molar-refractivity contribution is -0.131. The molecule has 3 fully saturated rings. The molecule has 0 radical (unpaired) electrons. The largest absolute Gasteiger partial charge is 0.393 e. The number of aliphatic hydroxyl groups is 1. The van der Waals surface area contributed by atoms with E-state index in [1.165, 1.54) is 25.7 Å². The van der Waals surface area contributed by atoms with E-state index in [9.17, 15) is 9.90 Å². The Morgan fingerprint density at radius 2 is 2.00 bits per heavy atom. The molecule has 3 aliphatic rings. The zero-order valence-corrected chi connectivity index (χ0v) is 12.6. The zero-order chi connectivity index (χ0) is 14.1. The minimum atomic E-state index is -0.143. The average molecular weight is 280 g/mol. The van der Waals surface area contributed by atoms with Crippen LogP contribution in [0.1, 0.15) is 45.4 Å². The predicted octanol–water partition coefficient (Wildman–Crippen LogP) is 1.38. The number of likely N-dealkylation sites (tertiary alicyclic amines) is 1. The van der Waals surface area contributed by atoms with Crippen LogP contribution in [-0.2, 0) is 4.79 Å². The summed E-state index contributed by atoms with van der Waals surface area (Å²) in [5.74, 6) is 2.05. The molecule has 3 rings (SSSR count). The summed E-state index contributed by atoms with van der Waals surface area (Å²) in [6.45, 7) is 4.45. The molecule has 1 heterocycles. The molecular weight excluding hydrogens is 252 g/mol. The third kappa shape index (κ3) is 3.95. The van der Waals surface area contributed by atoms with Crippen molar-refractivity contribution in [3.63, 3.8) is 0 Å². The predicted molar refractivity (Wildman–Crippen MR) is 78.2 cm³/mol. The lowest BCUT2D eigenvalue weighted by Gasteiger charge is -2.38. The first-order chi connectivity index (χ1) is 9.61. The molecule has 2 aliphatic carbocycles. The number of hydrogen-bond donors (Lipinski definition) is 2. The molecule has 2 saturated carbocycles. The monoisotopic (exact) mass is 280 g/mol. The van der Waals surface area contributed by atoms with Crippen molar-refractivity contribution < 1.29 is 9.90 Å². The van der Waals surface area contributed by atoms with E-state index >= 15 is 0 Å². The van der Waals surface area contributed by atoms with Crippen molar-refractivity contribution in [2.45, 2.75) is 57.6 Å². The van der Waals surface area contributed by atoms with Gasteiger partial charge in [-0.3, -0.25) is 4.79 Å². The molecule has 0 aromatic carbocycles. The minimum Gasteiger partial charge on any atom is -0.393 e. The van der Waals surface area contributed by atoms with Gasteiger partial charge in [0.1, 0.15) is 0 Å². The van der Waals surface area contributed by atoms with Crippen molar-refractivity contribution in [3.8, 4) is 0 Å². The Hall–Kier alpha value is -0.610. The molecule has 114 valence electrons. The summed E-state index contributed by atoms with van der Waals surface area (Å²) in [5, 5.41) is 13.8. The van der Waals surface area contributed by atoms with Gasteiger partial charge >= 0.3 is 0 Å². The van der Waals surface area contributed by atoms with Crippen LogP contribution in [0.25, 0.3) is 0 Å². The summed E-state index contributed by atoms with van der Waals surface area (Å²) >= 11 is 0. The lowest BCUT2D eigenvalue weighted by atomic mass is 9.88. The van der Waals surface area contributed by atoms with E-state index in [0.29, 0.717) is 17.9 Å². The summed E-state index contributed by atoms with van der Waals surface area (Å²) in [7, 11) is 0. The van der Waals surface area contributed by atoms with E-state index in [2.05, 4.69) is 5.32 Å². The summed E-state index contributed by atoms with van der Waals surface area (Å²) in [6.07, 6.45) is 6.94. The number of piperidine rings is 1. The summed E-state index contributed by atoms with van der Waals surface area (Å²) in [6, 6.07) is 0.421. The lowest BCUT2D eigenvalue weighted by Crippen LogP contribution is -2.51. The van der Waals surface area contributed by atoms with E-state index in [4.69, 9.17) is 0 Å². The minimum absolute atomic E-state index is 0.143. The number of carbonyl (C=O) groups excluding carboxylic acids is 1. The van der Waals surface area contributed by atoms with Gasteiger partial charge in [-0.2, -0.15) is 0 Å². The van der Waals surface area contributed by atoms with E-state index in [0.717, 1.165) is 38.4 Å². The van der Waals surface area contributed by atoms with E-state index in [1.54, 1.807) is 6.92 Å². The molecule has 4 nitrogen and oxygen atoms in total. The maximum Gasteiger partial charge on any atom is 0.219 e. The van der Waals surface area contributed by atoms with Crippen LogP contribution < -0.4 is 5.32 Å². The number of aliphatic hydroxyl groups excluding tert-OH is 1. The maximum absolute atomic E-state index is 11.7. The van der Waals surface area contributed by atoms with Gasteiger partial charge in [0, 0.05) is 26.1 Å². The third-order valence-corrected chi connectivity index (χ3v) is 5.12. The summed E-state index contributed by atoms with van der Waals surface area (Å²) < 4.78 is 0. The van der Waals surface area contributed by atoms with Crippen LogP contribution in [0.4, 0.5) is 0 Å². The molecule has 0 aromatic rings. The van der Waals surface area contributed by atoms with E-state index in [1.807, 2.05) is 4.90 Å². The Kier molecular flexibility index (Phi) is 4.32. The van der Waals surface area contributed by atoms with E-state index < -0.39 is 0 Å². The van der Waals surface area contributed by atoms with Crippen LogP contribution in [-0.4, -0.2) is 47.7 Å². The van der Waals surface area contributed by atoms with Gasteiger partial charge in [-0.15, -0.1) is 0 Å². The Balaban J connectivity index is 1.52. The number of hydrogen-bond acceptors (Lipinski definition) is 3. The topological polar surface area (TPSA) is 52.6 Å². The molecule has 1 aliphatic heterocycles. The molecular formula is C16H28N2O2. The fourth-order valence-corrected chi connectivity index (χ4v) is 3.45. The fraction of sp³-hybridized carbons (Fsp3) is 0.938. The molecule has 1 saturated heterocycles. The van der Waals surface area contributed by atoms with Gasteiger partial charge in [-0.05, 0) is 62.8 Å². The number of amides is 1. The number of nitrogens with one attached hydrogen (secondary N) is 1. The smallest absolute Gasteiger partial charge is 0.219 e. The highest BCUT2D eigenvalue weighted by Crippen LogP contribution is 2.36. The highest BCUT2D eigenvalue weighted by molar-refractivity contribution is 5.73. The normalized spacial score (nSPS) is 32.2. The quantitative estimate of drug-likeness (QED) is 0.773. The molecule has 0 aromatic heterocycles. The second-order valence-electron chi connectivity index (χ2n) is 7.21. The van der Waals surface area contributed by atoms with Crippen LogP contribution >= 0.6 is 0 Å². The molecule has 2 N–H and O–H groups in total. The van der Waals surface area contributed by atoms with Gasteiger partial charge in [-0.25, -0.2) is 0 Å². The van der Waals surface area contributed by atoms with Crippen LogP contribution in [0.5, 0.6) is 0 Å². The number of nitrogens with zero attached hydrogens (tertiary/aromatic N) is 1. The Morgan fingerprint density at radius 1 is 1.25 bits per heavy atom. The fourth-order valence-electron chi connectivity index (χ4n) is 3.45. The molecule has 0 spiro atoms. The summed E-state index contributed by atoms with van der Waals surface area (Å²) in [5.41, 5.74) is 0.